The van der Waals surface area contributed by atoms with Crippen molar-refractivity contribution in [2.75, 3.05) is 25.0 Å². The number of aliphatic hydroxyl groups excluding tert-OH is 1. The number of hydrogen-bond acceptors (Lipinski definition) is 6. The molecule has 2 aromatic rings. The second-order valence-corrected chi connectivity index (χ2v) is 8.73. The Balaban J connectivity index is 1.22. The van der Waals surface area contributed by atoms with Gasteiger partial charge in [-0.15, -0.1) is 0 Å². The molecule has 31 heavy (non-hydrogen) atoms. The summed E-state index contributed by atoms with van der Waals surface area (Å²) in [6.45, 7) is 5.13. The number of H-pyrrole nitrogens is 1. The first-order valence-corrected chi connectivity index (χ1v) is 11.6. The minimum Gasteiger partial charge on any atom is -0.494 e. The molecule has 4 rings (SSSR count). The summed E-state index contributed by atoms with van der Waals surface area (Å²) < 4.78 is 5.90. The van der Waals surface area contributed by atoms with Crippen molar-refractivity contribution < 1.29 is 9.84 Å². The van der Waals surface area contributed by atoms with E-state index < -0.39 is 0 Å². The molecule has 0 bridgehead atoms. The van der Waals surface area contributed by atoms with Crippen molar-refractivity contribution in [3.05, 3.63) is 51.4 Å². The van der Waals surface area contributed by atoms with Crippen LogP contribution >= 0.6 is 0 Å². The van der Waals surface area contributed by atoms with Crippen LogP contribution in [0.1, 0.15) is 55.8 Å². The molecule has 168 valence electrons. The first-order valence-electron chi connectivity index (χ1n) is 11.6. The highest BCUT2D eigenvalue weighted by Gasteiger charge is 2.22. The molecule has 0 amide bonds. The lowest BCUT2D eigenvalue weighted by atomic mass is 9.86. The van der Waals surface area contributed by atoms with E-state index in [-0.39, 0.29) is 11.8 Å². The number of likely N-dealkylation sites (tertiary alicyclic amines) is 1. The van der Waals surface area contributed by atoms with Gasteiger partial charge in [0.05, 0.1) is 12.3 Å². The van der Waals surface area contributed by atoms with E-state index in [1.807, 2.05) is 18.2 Å². The van der Waals surface area contributed by atoms with E-state index in [0.717, 1.165) is 80.6 Å². The van der Waals surface area contributed by atoms with Gasteiger partial charge in [-0.2, -0.15) is 0 Å². The third kappa shape index (κ3) is 5.66. The van der Waals surface area contributed by atoms with E-state index in [2.05, 4.69) is 33.2 Å². The Kier molecular flexibility index (Phi) is 7.25. The van der Waals surface area contributed by atoms with Crippen molar-refractivity contribution in [2.45, 2.75) is 64.6 Å². The first kappa shape index (κ1) is 21.8. The predicted molar refractivity (Wildman–Crippen MR) is 121 cm³/mol. The van der Waals surface area contributed by atoms with Crippen LogP contribution in [0.2, 0.25) is 0 Å². The van der Waals surface area contributed by atoms with Crippen LogP contribution in [0.15, 0.2) is 29.1 Å². The Hall–Kier alpha value is -2.38. The smallest absolute Gasteiger partial charge is 0.255 e. The van der Waals surface area contributed by atoms with Gasteiger partial charge in [-0.25, -0.2) is 4.98 Å². The zero-order valence-electron chi connectivity index (χ0n) is 18.4. The van der Waals surface area contributed by atoms with Gasteiger partial charge in [-0.1, -0.05) is 25.5 Å². The van der Waals surface area contributed by atoms with E-state index in [1.165, 1.54) is 0 Å². The normalized spacial score (nSPS) is 21.1. The van der Waals surface area contributed by atoms with Crippen molar-refractivity contribution in [1.82, 2.24) is 14.9 Å². The summed E-state index contributed by atoms with van der Waals surface area (Å²) in [4.78, 5) is 22.0. The molecular weight excluding hydrogens is 392 g/mol. The molecule has 2 unspecified atom stereocenters. The van der Waals surface area contributed by atoms with E-state index in [1.54, 1.807) is 0 Å². The van der Waals surface area contributed by atoms with E-state index in [9.17, 15) is 9.90 Å². The number of anilines is 1. The molecule has 3 N–H and O–H groups in total. The van der Waals surface area contributed by atoms with Crippen LogP contribution in [-0.4, -0.2) is 45.9 Å². The minimum absolute atomic E-state index is 0.00170. The predicted octanol–water partition coefficient (Wildman–Crippen LogP) is 3.08. The van der Waals surface area contributed by atoms with Gasteiger partial charge < -0.3 is 15.2 Å². The summed E-state index contributed by atoms with van der Waals surface area (Å²) in [7, 11) is 0. The van der Waals surface area contributed by atoms with Crippen molar-refractivity contribution in [3.63, 3.8) is 0 Å². The number of hydrogen-bond donors (Lipinski definition) is 3. The van der Waals surface area contributed by atoms with Crippen LogP contribution in [0, 0.1) is 5.92 Å². The molecule has 1 aromatic heterocycles. The fraction of sp³-hybridized carbons (Fsp3) is 0.583. The van der Waals surface area contributed by atoms with Gasteiger partial charge >= 0.3 is 0 Å². The summed E-state index contributed by atoms with van der Waals surface area (Å²) in [5, 5.41) is 13.2. The number of fused-ring (bicyclic) bond motifs is 1. The van der Waals surface area contributed by atoms with Crippen molar-refractivity contribution in [1.29, 1.82) is 0 Å². The van der Waals surface area contributed by atoms with Crippen LogP contribution in [0.4, 0.5) is 5.95 Å². The molecule has 7 heteroatoms. The quantitative estimate of drug-likeness (QED) is 0.534. The average Bonchev–Trinajstić information content (AvgIpc) is 3.18. The molecule has 1 aliphatic carbocycles. The zero-order chi connectivity index (χ0) is 21.6. The van der Waals surface area contributed by atoms with Crippen LogP contribution in [-0.2, 0) is 19.4 Å². The van der Waals surface area contributed by atoms with Crippen molar-refractivity contribution >= 4 is 5.95 Å². The molecule has 2 heterocycles. The lowest BCUT2D eigenvalue weighted by molar-refractivity contribution is 0.0328. The molecule has 1 aliphatic heterocycles. The van der Waals surface area contributed by atoms with Crippen molar-refractivity contribution in [3.8, 4) is 5.75 Å². The number of nitrogens with one attached hydrogen (secondary N) is 2. The number of nitrogens with zero attached hydrogens (tertiary/aromatic N) is 2. The highest BCUT2D eigenvalue weighted by Crippen LogP contribution is 2.24. The topological polar surface area (TPSA) is 90.5 Å². The van der Waals surface area contributed by atoms with Gasteiger partial charge in [0.2, 0.25) is 5.95 Å². The van der Waals surface area contributed by atoms with Crippen molar-refractivity contribution in [2.24, 2.45) is 5.92 Å². The van der Waals surface area contributed by atoms with Crippen LogP contribution < -0.4 is 15.6 Å². The number of ether oxygens (including phenoxy) is 1. The van der Waals surface area contributed by atoms with E-state index in [4.69, 9.17) is 4.74 Å². The summed E-state index contributed by atoms with van der Waals surface area (Å²) in [6, 6.07) is 8.07. The Labute approximate surface area is 183 Å². The highest BCUT2D eigenvalue weighted by molar-refractivity contribution is 5.31. The minimum atomic E-state index is -0.327. The van der Waals surface area contributed by atoms with E-state index in [0.29, 0.717) is 25.0 Å². The standard InChI is InChI=1S/C24H34N4O3/c1-2-17-9-10-21-20(15-17)23(30)27-24(26-21)25-11-5-13-31-19-7-3-6-18(14-19)16-28-12-4-8-22(28)29/h3,6-7,14,17,22,29H,2,4-5,8-13,15-16H2,1H3,(H2,25,26,27,30). The fourth-order valence-electron chi connectivity index (χ4n) is 4.56. The van der Waals surface area contributed by atoms with Gasteiger partial charge in [0.25, 0.3) is 5.56 Å². The number of aliphatic hydroxyl groups is 1. The van der Waals surface area contributed by atoms with Gasteiger partial charge in [0.1, 0.15) is 12.0 Å². The van der Waals surface area contributed by atoms with Gasteiger partial charge in [-0.05, 0) is 62.1 Å². The third-order valence-corrected chi connectivity index (χ3v) is 6.46. The lowest BCUT2D eigenvalue weighted by Gasteiger charge is -2.22. The van der Waals surface area contributed by atoms with Gasteiger partial charge in [-0.3, -0.25) is 14.7 Å². The average molecular weight is 427 g/mol. The molecule has 0 saturated carbocycles. The Bertz CT molecular complexity index is 929. The SMILES string of the molecule is CCC1CCc2nc(NCCCOc3cccc(CN4CCCC4O)c3)[nH]c(=O)c2C1. The Morgan fingerprint density at radius 1 is 1.35 bits per heavy atom. The maximum Gasteiger partial charge on any atom is 0.255 e. The van der Waals surface area contributed by atoms with Gasteiger partial charge in [0, 0.05) is 25.2 Å². The summed E-state index contributed by atoms with van der Waals surface area (Å²) in [6.07, 6.45) is 6.34. The second-order valence-electron chi connectivity index (χ2n) is 8.73. The van der Waals surface area contributed by atoms with Crippen LogP contribution in [0.25, 0.3) is 0 Å². The number of rotatable bonds is 9. The molecule has 1 aromatic carbocycles. The number of aromatic amines is 1. The third-order valence-electron chi connectivity index (χ3n) is 6.46. The zero-order valence-corrected chi connectivity index (χ0v) is 18.4. The molecule has 2 aliphatic rings. The second kappa shape index (κ2) is 10.3. The highest BCUT2D eigenvalue weighted by atomic mass is 16.5. The molecule has 0 spiro atoms. The Morgan fingerprint density at radius 3 is 3.06 bits per heavy atom. The molecule has 1 fully saturated rings. The first-order chi connectivity index (χ1) is 15.1. The monoisotopic (exact) mass is 426 g/mol. The summed E-state index contributed by atoms with van der Waals surface area (Å²) in [5.41, 5.74) is 2.97. The number of aromatic nitrogens is 2. The Morgan fingerprint density at radius 2 is 2.26 bits per heavy atom. The largest absolute Gasteiger partial charge is 0.494 e. The summed E-state index contributed by atoms with van der Waals surface area (Å²) in [5.74, 6) is 2.01. The number of aryl methyl sites for hydroxylation is 1. The van der Waals surface area contributed by atoms with Crippen LogP contribution in [0.5, 0.6) is 5.75 Å². The maximum absolute atomic E-state index is 12.4. The molecular formula is C24H34N4O3. The lowest BCUT2D eigenvalue weighted by Crippen LogP contribution is -2.28. The fourth-order valence-corrected chi connectivity index (χ4v) is 4.56. The summed E-state index contributed by atoms with van der Waals surface area (Å²) >= 11 is 0. The maximum atomic E-state index is 12.4. The van der Waals surface area contributed by atoms with E-state index >= 15 is 0 Å². The van der Waals surface area contributed by atoms with Crippen LogP contribution in [0.3, 0.4) is 0 Å². The molecule has 7 nitrogen and oxygen atoms in total. The molecule has 0 radical (unpaired) electrons. The number of benzene rings is 1. The molecule has 2 atom stereocenters. The molecule has 1 saturated heterocycles. The van der Waals surface area contributed by atoms with Gasteiger partial charge in [0.15, 0.2) is 0 Å².